The van der Waals surface area contributed by atoms with E-state index in [-0.39, 0.29) is 18.4 Å². The van der Waals surface area contributed by atoms with Crippen LogP contribution in [0.1, 0.15) is 49.0 Å². The average molecular weight is 291 g/mol. The lowest BCUT2D eigenvalue weighted by Gasteiger charge is -2.13. The Morgan fingerprint density at radius 1 is 1.35 bits per heavy atom. The molecular weight excluding hydrogens is 270 g/mol. The van der Waals surface area contributed by atoms with Gasteiger partial charge in [0.2, 0.25) is 5.91 Å². The highest BCUT2D eigenvalue weighted by Gasteiger charge is 2.19. The molecule has 1 aliphatic carbocycles. The second-order valence-corrected chi connectivity index (χ2v) is 6.12. The molecule has 2 rings (SSSR count). The zero-order valence-corrected chi connectivity index (χ0v) is 12.5. The van der Waals surface area contributed by atoms with Crippen molar-refractivity contribution in [3.05, 3.63) is 21.9 Å². The van der Waals surface area contributed by atoms with Crippen molar-refractivity contribution in [1.82, 2.24) is 5.32 Å². The van der Waals surface area contributed by atoms with Crippen LogP contribution < -0.4 is 5.32 Å². The molecule has 3 nitrogen and oxygen atoms in total. The summed E-state index contributed by atoms with van der Waals surface area (Å²) in [7, 11) is 0. The van der Waals surface area contributed by atoms with Crippen molar-refractivity contribution >= 4 is 17.2 Å². The van der Waals surface area contributed by atoms with E-state index in [2.05, 4.69) is 17.2 Å². The van der Waals surface area contributed by atoms with Crippen molar-refractivity contribution in [2.45, 2.75) is 45.1 Å². The van der Waals surface area contributed by atoms with Crippen LogP contribution in [-0.4, -0.2) is 17.6 Å². The molecule has 1 fully saturated rings. The molecule has 0 saturated heterocycles. The maximum Gasteiger partial charge on any atom is 0.223 e. The molecule has 4 heteroatoms. The molecule has 0 aliphatic heterocycles. The van der Waals surface area contributed by atoms with Crippen molar-refractivity contribution in [2.24, 2.45) is 5.92 Å². The third-order valence-corrected chi connectivity index (χ3v) is 4.62. The Balaban J connectivity index is 1.88. The summed E-state index contributed by atoms with van der Waals surface area (Å²) in [6.45, 7) is 0.409. The number of aliphatic hydroxyl groups excluding tert-OH is 1. The summed E-state index contributed by atoms with van der Waals surface area (Å²) in [5.41, 5.74) is 0.908. The predicted molar refractivity (Wildman–Crippen MR) is 81.3 cm³/mol. The summed E-state index contributed by atoms with van der Waals surface area (Å²) in [6.07, 6.45) is 6.90. The number of carbonyl (C=O) groups excluding carboxylic acids is 1. The normalized spacial score (nSPS) is 16.1. The van der Waals surface area contributed by atoms with Gasteiger partial charge in [0.1, 0.15) is 6.61 Å². The largest absolute Gasteiger partial charge is 0.384 e. The number of aliphatic hydroxyl groups is 1. The first-order chi connectivity index (χ1) is 9.81. The van der Waals surface area contributed by atoms with Gasteiger partial charge < -0.3 is 10.4 Å². The van der Waals surface area contributed by atoms with Crippen molar-refractivity contribution in [1.29, 1.82) is 0 Å². The highest BCUT2D eigenvalue weighted by Crippen LogP contribution is 2.23. The smallest absolute Gasteiger partial charge is 0.223 e. The Morgan fingerprint density at radius 3 is 2.80 bits per heavy atom. The fraction of sp³-hybridized carbons (Fsp3) is 0.562. The summed E-state index contributed by atoms with van der Waals surface area (Å²) in [6, 6.07) is 1.93. The maximum atomic E-state index is 12.2. The lowest BCUT2D eigenvalue weighted by molar-refractivity contribution is -0.125. The molecule has 1 aliphatic rings. The van der Waals surface area contributed by atoms with Crippen LogP contribution in [0.25, 0.3) is 0 Å². The number of thiophene rings is 1. The van der Waals surface area contributed by atoms with E-state index in [4.69, 9.17) is 5.11 Å². The van der Waals surface area contributed by atoms with Crippen LogP contribution in [0, 0.1) is 17.8 Å². The van der Waals surface area contributed by atoms with Crippen LogP contribution in [0.5, 0.6) is 0 Å². The van der Waals surface area contributed by atoms with Crippen LogP contribution in [0.2, 0.25) is 0 Å². The van der Waals surface area contributed by atoms with E-state index in [1.165, 1.54) is 25.7 Å². The van der Waals surface area contributed by atoms with E-state index in [0.717, 1.165) is 23.3 Å². The third-order valence-electron chi connectivity index (χ3n) is 3.70. The number of rotatable bonds is 3. The Kier molecular flexibility index (Phi) is 6.10. The summed E-state index contributed by atoms with van der Waals surface area (Å²) in [4.78, 5) is 13.3. The summed E-state index contributed by atoms with van der Waals surface area (Å²) >= 11 is 1.59. The standard InChI is InChI=1S/C16H21NO2S/c18-10-5-8-13-9-11-20-15(13)12-17-16(19)14-6-3-1-2-4-7-14/h9,11,14,18H,1-4,6-7,10,12H2,(H,17,19). The monoisotopic (exact) mass is 291 g/mol. The molecule has 0 bridgehead atoms. The lowest BCUT2D eigenvalue weighted by atomic mass is 9.99. The van der Waals surface area contributed by atoms with Gasteiger partial charge in [-0.3, -0.25) is 4.79 Å². The number of amides is 1. The van der Waals surface area contributed by atoms with Gasteiger partial charge in [0.15, 0.2) is 0 Å². The Morgan fingerprint density at radius 2 is 2.10 bits per heavy atom. The van der Waals surface area contributed by atoms with Gasteiger partial charge in [-0.15, -0.1) is 11.3 Å². The zero-order chi connectivity index (χ0) is 14.2. The molecule has 108 valence electrons. The van der Waals surface area contributed by atoms with Crippen LogP contribution in [-0.2, 0) is 11.3 Å². The number of carbonyl (C=O) groups is 1. The first kappa shape index (κ1) is 15.1. The fourth-order valence-corrected chi connectivity index (χ4v) is 3.35. The summed E-state index contributed by atoms with van der Waals surface area (Å²) in [5, 5.41) is 13.7. The van der Waals surface area contributed by atoms with Gasteiger partial charge in [0, 0.05) is 16.4 Å². The molecule has 1 amide bonds. The minimum atomic E-state index is -0.135. The Bertz CT molecular complexity index is 490. The summed E-state index contributed by atoms with van der Waals surface area (Å²) in [5.74, 6) is 5.93. The molecule has 1 saturated carbocycles. The first-order valence-corrected chi connectivity index (χ1v) is 8.13. The Hall–Kier alpha value is -1.31. The van der Waals surface area contributed by atoms with Crippen LogP contribution in [0.15, 0.2) is 11.4 Å². The van der Waals surface area contributed by atoms with Gasteiger partial charge in [-0.25, -0.2) is 0 Å². The zero-order valence-electron chi connectivity index (χ0n) is 11.7. The summed E-state index contributed by atoms with van der Waals surface area (Å²) < 4.78 is 0. The van der Waals surface area contributed by atoms with Gasteiger partial charge in [-0.2, -0.15) is 0 Å². The number of hydrogen-bond acceptors (Lipinski definition) is 3. The second kappa shape index (κ2) is 8.08. The van der Waals surface area contributed by atoms with E-state index in [1.807, 2.05) is 11.4 Å². The van der Waals surface area contributed by atoms with Crippen molar-refractivity contribution in [2.75, 3.05) is 6.61 Å². The molecular formula is C16H21NO2S. The van der Waals surface area contributed by atoms with Gasteiger partial charge in [0.05, 0.1) is 6.54 Å². The molecule has 0 spiro atoms. The fourth-order valence-electron chi connectivity index (χ4n) is 2.58. The van der Waals surface area contributed by atoms with Gasteiger partial charge in [0.25, 0.3) is 0 Å². The van der Waals surface area contributed by atoms with Gasteiger partial charge >= 0.3 is 0 Å². The molecule has 0 radical (unpaired) electrons. The van der Waals surface area contributed by atoms with Crippen LogP contribution >= 0.6 is 11.3 Å². The molecule has 2 N–H and O–H groups in total. The van der Waals surface area contributed by atoms with Crippen LogP contribution in [0.3, 0.4) is 0 Å². The highest BCUT2D eigenvalue weighted by molar-refractivity contribution is 7.10. The van der Waals surface area contributed by atoms with Crippen molar-refractivity contribution in [3.63, 3.8) is 0 Å². The van der Waals surface area contributed by atoms with E-state index in [9.17, 15) is 4.79 Å². The minimum Gasteiger partial charge on any atom is -0.384 e. The molecule has 1 aromatic rings. The Labute approximate surface area is 124 Å². The molecule has 0 aromatic carbocycles. The van der Waals surface area contributed by atoms with Gasteiger partial charge in [-0.05, 0) is 24.3 Å². The third kappa shape index (κ3) is 4.36. The quantitative estimate of drug-likeness (QED) is 0.664. The molecule has 0 atom stereocenters. The van der Waals surface area contributed by atoms with E-state index < -0.39 is 0 Å². The molecule has 1 heterocycles. The molecule has 0 unspecified atom stereocenters. The molecule has 1 aromatic heterocycles. The first-order valence-electron chi connectivity index (χ1n) is 7.25. The number of nitrogens with one attached hydrogen (secondary N) is 1. The lowest BCUT2D eigenvalue weighted by Crippen LogP contribution is -2.29. The van der Waals surface area contributed by atoms with Gasteiger partial charge in [-0.1, -0.05) is 37.5 Å². The molecule has 20 heavy (non-hydrogen) atoms. The van der Waals surface area contributed by atoms with Crippen molar-refractivity contribution < 1.29 is 9.90 Å². The van der Waals surface area contributed by atoms with E-state index in [1.54, 1.807) is 11.3 Å². The van der Waals surface area contributed by atoms with E-state index in [0.29, 0.717) is 6.54 Å². The minimum absolute atomic E-state index is 0.135. The average Bonchev–Trinajstić information content (AvgIpc) is 2.73. The SMILES string of the molecule is O=C(NCc1sccc1C#CCO)C1CCCCCC1. The number of hydrogen-bond donors (Lipinski definition) is 2. The van der Waals surface area contributed by atoms with Crippen LogP contribution in [0.4, 0.5) is 0 Å². The maximum absolute atomic E-state index is 12.2. The van der Waals surface area contributed by atoms with Crippen molar-refractivity contribution in [3.8, 4) is 11.8 Å². The van der Waals surface area contributed by atoms with E-state index >= 15 is 0 Å². The second-order valence-electron chi connectivity index (χ2n) is 5.12. The topological polar surface area (TPSA) is 49.3 Å². The predicted octanol–water partition coefficient (Wildman–Crippen LogP) is 2.68. The highest BCUT2D eigenvalue weighted by atomic mass is 32.1.